The third-order valence-electron chi connectivity index (χ3n) is 2.16. The van der Waals surface area contributed by atoms with Crippen LogP contribution >= 0.6 is 11.6 Å². The zero-order chi connectivity index (χ0) is 9.26. The first-order chi connectivity index (χ1) is 6.33. The number of fused-ring (bicyclic) bond motifs is 1. The van der Waals surface area contributed by atoms with E-state index in [-0.39, 0.29) is 0 Å². The van der Waals surface area contributed by atoms with Crippen molar-refractivity contribution >= 4 is 22.5 Å². The Morgan fingerprint density at radius 2 is 2.08 bits per heavy atom. The Bertz CT molecular complexity index is 420. The summed E-state index contributed by atoms with van der Waals surface area (Å²) in [6.07, 6.45) is 0.822. The molecule has 0 fully saturated rings. The molecule has 0 bridgehead atoms. The number of nitrogens with one attached hydrogen (secondary N) is 1. The SMILES string of the molecule is NCCc1c(Cl)[nH]c2ccccc12. The summed E-state index contributed by atoms with van der Waals surface area (Å²) in [5, 5.41) is 1.89. The van der Waals surface area contributed by atoms with Gasteiger partial charge in [0.1, 0.15) is 5.15 Å². The van der Waals surface area contributed by atoms with Crippen molar-refractivity contribution in [2.24, 2.45) is 5.73 Å². The lowest BCUT2D eigenvalue weighted by Gasteiger charge is -1.95. The van der Waals surface area contributed by atoms with Gasteiger partial charge in [-0.15, -0.1) is 0 Å². The fraction of sp³-hybridized carbons (Fsp3) is 0.200. The van der Waals surface area contributed by atoms with Gasteiger partial charge in [-0.1, -0.05) is 29.8 Å². The molecule has 0 atom stereocenters. The minimum absolute atomic E-state index is 0.627. The Kier molecular flexibility index (Phi) is 2.25. The van der Waals surface area contributed by atoms with Crippen molar-refractivity contribution in [1.29, 1.82) is 0 Å². The standard InChI is InChI=1S/C10H11ClN2/c11-10-8(5-6-12)7-3-1-2-4-9(7)13-10/h1-4,13H,5-6,12H2. The van der Waals surface area contributed by atoms with Crippen LogP contribution in [-0.4, -0.2) is 11.5 Å². The van der Waals surface area contributed by atoms with E-state index in [9.17, 15) is 0 Å². The van der Waals surface area contributed by atoms with Gasteiger partial charge in [0.05, 0.1) is 0 Å². The van der Waals surface area contributed by atoms with Crippen LogP contribution in [-0.2, 0) is 6.42 Å². The molecule has 2 rings (SSSR count). The third kappa shape index (κ3) is 1.43. The monoisotopic (exact) mass is 194 g/mol. The van der Waals surface area contributed by atoms with E-state index in [1.165, 1.54) is 5.39 Å². The number of aromatic amines is 1. The molecule has 0 amide bonds. The summed E-state index contributed by atoms with van der Waals surface area (Å²) in [5.41, 5.74) is 7.71. The second-order valence-corrected chi connectivity index (χ2v) is 3.38. The molecule has 0 aliphatic rings. The van der Waals surface area contributed by atoms with Crippen molar-refractivity contribution in [2.45, 2.75) is 6.42 Å². The van der Waals surface area contributed by atoms with Crippen molar-refractivity contribution in [3.8, 4) is 0 Å². The van der Waals surface area contributed by atoms with Crippen molar-refractivity contribution in [3.05, 3.63) is 35.0 Å². The Hall–Kier alpha value is -0.990. The summed E-state index contributed by atoms with van der Waals surface area (Å²) < 4.78 is 0. The summed E-state index contributed by atoms with van der Waals surface area (Å²) >= 11 is 6.04. The molecule has 0 aliphatic heterocycles. The van der Waals surface area contributed by atoms with Gasteiger partial charge >= 0.3 is 0 Å². The largest absolute Gasteiger partial charge is 0.345 e. The lowest BCUT2D eigenvalue weighted by Crippen LogP contribution is -2.02. The Morgan fingerprint density at radius 3 is 2.85 bits per heavy atom. The van der Waals surface area contributed by atoms with E-state index < -0.39 is 0 Å². The normalized spacial score (nSPS) is 10.9. The molecule has 1 aromatic heterocycles. The molecule has 3 N–H and O–H groups in total. The zero-order valence-corrected chi connectivity index (χ0v) is 7.93. The Labute approximate surface area is 81.7 Å². The number of halogens is 1. The lowest BCUT2D eigenvalue weighted by atomic mass is 10.1. The molecule has 2 nitrogen and oxygen atoms in total. The second kappa shape index (κ2) is 3.40. The van der Waals surface area contributed by atoms with Gasteiger partial charge in [-0.05, 0) is 24.6 Å². The first kappa shape index (κ1) is 8.60. The predicted octanol–water partition coefficient (Wildman–Crippen LogP) is 2.32. The van der Waals surface area contributed by atoms with E-state index in [0.717, 1.165) is 17.5 Å². The van der Waals surface area contributed by atoms with Crippen molar-refractivity contribution in [1.82, 2.24) is 4.98 Å². The smallest absolute Gasteiger partial charge is 0.110 e. The van der Waals surface area contributed by atoms with Crippen LogP contribution in [0.2, 0.25) is 5.15 Å². The van der Waals surface area contributed by atoms with E-state index in [1.54, 1.807) is 0 Å². The fourth-order valence-electron chi connectivity index (χ4n) is 1.56. The molecule has 1 aromatic carbocycles. The van der Waals surface area contributed by atoms with Gasteiger partial charge in [0.25, 0.3) is 0 Å². The third-order valence-corrected chi connectivity index (χ3v) is 2.48. The van der Waals surface area contributed by atoms with Crippen LogP contribution in [0, 0.1) is 0 Å². The van der Waals surface area contributed by atoms with Gasteiger partial charge in [-0.25, -0.2) is 0 Å². The maximum absolute atomic E-state index is 6.04. The molecule has 2 aromatic rings. The van der Waals surface area contributed by atoms with Crippen LogP contribution in [0.5, 0.6) is 0 Å². The highest BCUT2D eigenvalue weighted by molar-refractivity contribution is 6.31. The molecule has 13 heavy (non-hydrogen) atoms. The second-order valence-electron chi connectivity index (χ2n) is 3.00. The number of benzene rings is 1. The highest BCUT2D eigenvalue weighted by atomic mass is 35.5. The summed E-state index contributed by atoms with van der Waals surface area (Å²) in [5.74, 6) is 0. The number of rotatable bonds is 2. The first-order valence-corrected chi connectivity index (χ1v) is 4.66. The highest BCUT2D eigenvalue weighted by Crippen LogP contribution is 2.25. The van der Waals surface area contributed by atoms with Crippen LogP contribution < -0.4 is 5.73 Å². The maximum Gasteiger partial charge on any atom is 0.110 e. The van der Waals surface area contributed by atoms with Crippen LogP contribution in [0.1, 0.15) is 5.56 Å². The number of aromatic nitrogens is 1. The average Bonchev–Trinajstić information content (AvgIpc) is 2.44. The van der Waals surface area contributed by atoms with Crippen LogP contribution in [0.15, 0.2) is 24.3 Å². The number of H-pyrrole nitrogens is 1. The van der Waals surface area contributed by atoms with Crippen molar-refractivity contribution < 1.29 is 0 Å². The quantitative estimate of drug-likeness (QED) is 0.757. The van der Waals surface area contributed by atoms with E-state index in [0.29, 0.717) is 11.7 Å². The summed E-state index contributed by atoms with van der Waals surface area (Å²) in [6.45, 7) is 0.627. The van der Waals surface area contributed by atoms with Crippen molar-refractivity contribution in [3.63, 3.8) is 0 Å². The maximum atomic E-state index is 6.04. The van der Waals surface area contributed by atoms with E-state index in [2.05, 4.69) is 11.1 Å². The number of hydrogen-bond donors (Lipinski definition) is 2. The molecule has 0 unspecified atom stereocenters. The predicted molar refractivity (Wildman–Crippen MR) is 56.1 cm³/mol. The molecule has 0 aliphatic carbocycles. The van der Waals surface area contributed by atoms with Gasteiger partial charge in [-0.3, -0.25) is 0 Å². The Morgan fingerprint density at radius 1 is 1.31 bits per heavy atom. The van der Waals surface area contributed by atoms with Gasteiger partial charge in [0.2, 0.25) is 0 Å². The summed E-state index contributed by atoms with van der Waals surface area (Å²) in [7, 11) is 0. The van der Waals surface area contributed by atoms with Gasteiger partial charge in [0.15, 0.2) is 0 Å². The number of nitrogens with two attached hydrogens (primary N) is 1. The zero-order valence-electron chi connectivity index (χ0n) is 7.18. The summed E-state index contributed by atoms with van der Waals surface area (Å²) in [4.78, 5) is 3.12. The highest BCUT2D eigenvalue weighted by Gasteiger charge is 2.07. The lowest BCUT2D eigenvalue weighted by molar-refractivity contribution is 0.976. The van der Waals surface area contributed by atoms with E-state index >= 15 is 0 Å². The molecular formula is C10H11ClN2. The first-order valence-electron chi connectivity index (χ1n) is 4.28. The Balaban J connectivity index is 2.64. The fourth-order valence-corrected chi connectivity index (χ4v) is 1.85. The number of hydrogen-bond acceptors (Lipinski definition) is 1. The molecule has 3 heteroatoms. The van der Waals surface area contributed by atoms with Crippen molar-refractivity contribution in [2.75, 3.05) is 6.54 Å². The topological polar surface area (TPSA) is 41.8 Å². The van der Waals surface area contributed by atoms with E-state index in [4.69, 9.17) is 17.3 Å². The molecular weight excluding hydrogens is 184 g/mol. The summed E-state index contributed by atoms with van der Waals surface area (Å²) in [6, 6.07) is 8.07. The molecule has 0 spiro atoms. The number of para-hydroxylation sites is 1. The molecule has 0 radical (unpaired) electrons. The van der Waals surface area contributed by atoms with Gasteiger partial charge in [0, 0.05) is 10.9 Å². The van der Waals surface area contributed by atoms with Crippen LogP contribution in [0.25, 0.3) is 10.9 Å². The van der Waals surface area contributed by atoms with E-state index in [1.807, 2.05) is 18.2 Å². The van der Waals surface area contributed by atoms with Gasteiger partial charge < -0.3 is 10.7 Å². The minimum atomic E-state index is 0.627. The van der Waals surface area contributed by atoms with Crippen LogP contribution in [0.3, 0.4) is 0 Å². The van der Waals surface area contributed by atoms with Gasteiger partial charge in [-0.2, -0.15) is 0 Å². The average molecular weight is 195 g/mol. The molecule has 0 saturated carbocycles. The minimum Gasteiger partial charge on any atom is -0.345 e. The molecule has 0 saturated heterocycles. The van der Waals surface area contributed by atoms with Crippen LogP contribution in [0.4, 0.5) is 0 Å². The molecule has 1 heterocycles. The molecule has 68 valence electrons.